The number of nitrogen functional groups attached to an aromatic ring is 1. The van der Waals surface area contributed by atoms with Gasteiger partial charge in [-0.05, 0) is 12.1 Å². The van der Waals surface area contributed by atoms with Gasteiger partial charge in [-0.25, -0.2) is 4.68 Å². The Bertz CT molecular complexity index is 542. The molecule has 0 radical (unpaired) electrons. The molecule has 2 N–H and O–H groups in total. The third-order valence-electron chi connectivity index (χ3n) is 2.53. The van der Waals surface area contributed by atoms with Crippen molar-refractivity contribution in [3.8, 4) is 11.8 Å². The van der Waals surface area contributed by atoms with Crippen LogP contribution in [0.4, 0.5) is 5.82 Å². The van der Waals surface area contributed by atoms with Gasteiger partial charge in [-0.15, -0.1) is 0 Å². The molecule has 0 unspecified atom stereocenters. The maximum Gasteiger partial charge on any atom is 0.139 e. The predicted octanol–water partition coefficient (Wildman–Crippen LogP) is 1.81. The minimum Gasteiger partial charge on any atom is -0.494 e. The SMILES string of the molecule is N#Cc1cnn(CCCOc2ccccc2)c1N. The van der Waals surface area contributed by atoms with Gasteiger partial charge < -0.3 is 10.5 Å². The first kappa shape index (κ1) is 12.0. The van der Waals surface area contributed by atoms with Crippen LogP contribution in [-0.2, 0) is 6.54 Å². The maximum atomic E-state index is 8.74. The van der Waals surface area contributed by atoms with Crippen LogP contribution in [0.5, 0.6) is 5.75 Å². The van der Waals surface area contributed by atoms with E-state index >= 15 is 0 Å². The van der Waals surface area contributed by atoms with E-state index in [2.05, 4.69) is 5.10 Å². The molecule has 0 fully saturated rings. The van der Waals surface area contributed by atoms with Crippen molar-refractivity contribution in [2.75, 3.05) is 12.3 Å². The highest BCUT2D eigenvalue weighted by Gasteiger charge is 2.05. The van der Waals surface area contributed by atoms with E-state index < -0.39 is 0 Å². The van der Waals surface area contributed by atoms with Gasteiger partial charge in [0.25, 0.3) is 0 Å². The summed E-state index contributed by atoms with van der Waals surface area (Å²) in [6, 6.07) is 11.6. The monoisotopic (exact) mass is 242 g/mol. The molecular formula is C13H14N4O. The lowest BCUT2D eigenvalue weighted by molar-refractivity contribution is 0.299. The summed E-state index contributed by atoms with van der Waals surface area (Å²) in [7, 11) is 0. The molecule has 0 bridgehead atoms. The second-order valence-electron chi connectivity index (χ2n) is 3.79. The summed E-state index contributed by atoms with van der Waals surface area (Å²) < 4.78 is 7.17. The van der Waals surface area contributed by atoms with Crippen molar-refractivity contribution in [3.63, 3.8) is 0 Å². The molecule has 1 aromatic carbocycles. The first-order valence-corrected chi connectivity index (χ1v) is 5.70. The molecule has 92 valence electrons. The Kier molecular flexibility index (Phi) is 3.82. The number of para-hydroxylation sites is 1. The topological polar surface area (TPSA) is 76.9 Å². The van der Waals surface area contributed by atoms with Crippen LogP contribution in [0.15, 0.2) is 36.5 Å². The van der Waals surface area contributed by atoms with Crippen molar-refractivity contribution in [3.05, 3.63) is 42.1 Å². The van der Waals surface area contributed by atoms with E-state index in [9.17, 15) is 0 Å². The Hall–Kier alpha value is -2.48. The lowest BCUT2D eigenvalue weighted by Crippen LogP contribution is -2.08. The molecule has 0 spiro atoms. The molecule has 0 amide bonds. The van der Waals surface area contributed by atoms with E-state index in [1.54, 1.807) is 4.68 Å². The number of ether oxygens (including phenoxy) is 1. The van der Waals surface area contributed by atoms with Crippen molar-refractivity contribution >= 4 is 5.82 Å². The lowest BCUT2D eigenvalue weighted by Gasteiger charge is -2.06. The maximum absolute atomic E-state index is 8.74. The third kappa shape index (κ3) is 2.80. The summed E-state index contributed by atoms with van der Waals surface area (Å²) in [5.41, 5.74) is 6.16. The number of hydrogen-bond donors (Lipinski definition) is 1. The largest absolute Gasteiger partial charge is 0.494 e. The van der Waals surface area contributed by atoms with Crippen molar-refractivity contribution in [2.24, 2.45) is 0 Å². The van der Waals surface area contributed by atoms with Crippen LogP contribution in [-0.4, -0.2) is 16.4 Å². The Morgan fingerprint density at radius 1 is 1.33 bits per heavy atom. The number of nitrogens with two attached hydrogens (primary N) is 1. The zero-order chi connectivity index (χ0) is 12.8. The molecule has 1 heterocycles. The van der Waals surface area contributed by atoms with Crippen LogP contribution in [0, 0.1) is 11.3 Å². The Labute approximate surface area is 105 Å². The third-order valence-corrected chi connectivity index (χ3v) is 2.53. The average molecular weight is 242 g/mol. The molecule has 2 rings (SSSR count). The summed E-state index contributed by atoms with van der Waals surface area (Å²) in [5, 5.41) is 12.8. The molecule has 0 saturated heterocycles. The number of nitriles is 1. The van der Waals surface area contributed by atoms with Crippen LogP contribution >= 0.6 is 0 Å². The van der Waals surface area contributed by atoms with E-state index in [0.29, 0.717) is 24.5 Å². The number of aromatic nitrogens is 2. The fraction of sp³-hybridized carbons (Fsp3) is 0.231. The van der Waals surface area contributed by atoms with Gasteiger partial charge in [-0.3, -0.25) is 0 Å². The van der Waals surface area contributed by atoms with Crippen molar-refractivity contribution in [2.45, 2.75) is 13.0 Å². The Morgan fingerprint density at radius 3 is 2.78 bits per heavy atom. The highest BCUT2D eigenvalue weighted by Crippen LogP contribution is 2.11. The molecule has 5 nitrogen and oxygen atoms in total. The second-order valence-corrected chi connectivity index (χ2v) is 3.79. The lowest BCUT2D eigenvalue weighted by atomic mass is 10.3. The van der Waals surface area contributed by atoms with Gasteiger partial charge in [0.1, 0.15) is 23.2 Å². The molecule has 2 aromatic rings. The predicted molar refractivity (Wildman–Crippen MR) is 67.9 cm³/mol. The Balaban J connectivity index is 1.79. The van der Waals surface area contributed by atoms with Gasteiger partial charge in [-0.2, -0.15) is 10.4 Å². The standard InChI is InChI=1S/C13H14N4O/c14-9-11-10-16-17(13(11)15)7-4-8-18-12-5-2-1-3-6-12/h1-3,5-6,10H,4,7-8,15H2. The number of aryl methyl sites for hydroxylation is 1. The van der Waals surface area contributed by atoms with E-state index in [4.69, 9.17) is 15.7 Å². The fourth-order valence-electron chi connectivity index (χ4n) is 1.58. The normalized spacial score (nSPS) is 9.94. The molecule has 0 aliphatic heterocycles. The number of hydrogen-bond acceptors (Lipinski definition) is 4. The van der Waals surface area contributed by atoms with Crippen LogP contribution in [0.3, 0.4) is 0 Å². The van der Waals surface area contributed by atoms with Crippen LogP contribution < -0.4 is 10.5 Å². The number of nitrogens with zero attached hydrogens (tertiary/aromatic N) is 3. The summed E-state index contributed by atoms with van der Waals surface area (Å²) in [6.45, 7) is 1.23. The molecule has 1 aromatic heterocycles. The minimum atomic E-state index is 0.414. The molecule has 0 saturated carbocycles. The van der Waals surface area contributed by atoms with Gasteiger partial charge in [0, 0.05) is 13.0 Å². The minimum absolute atomic E-state index is 0.414. The highest BCUT2D eigenvalue weighted by atomic mass is 16.5. The van der Waals surface area contributed by atoms with Crippen molar-refractivity contribution in [1.82, 2.24) is 9.78 Å². The van der Waals surface area contributed by atoms with E-state index in [0.717, 1.165) is 12.2 Å². The molecular weight excluding hydrogens is 228 g/mol. The zero-order valence-electron chi connectivity index (χ0n) is 9.91. The number of benzene rings is 1. The van der Waals surface area contributed by atoms with E-state index in [1.807, 2.05) is 36.4 Å². The van der Waals surface area contributed by atoms with Gasteiger partial charge in [0.15, 0.2) is 0 Å². The second kappa shape index (κ2) is 5.73. The van der Waals surface area contributed by atoms with Crippen LogP contribution in [0.2, 0.25) is 0 Å². The summed E-state index contributed by atoms with van der Waals surface area (Å²) >= 11 is 0. The van der Waals surface area contributed by atoms with E-state index in [1.165, 1.54) is 6.20 Å². The highest BCUT2D eigenvalue weighted by molar-refractivity contribution is 5.47. The molecule has 0 atom stereocenters. The molecule has 0 aliphatic carbocycles. The van der Waals surface area contributed by atoms with E-state index in [-0.39, 0.29) is 0 Å². The number of anilines is 1. The quantitative estimate of drug-likeness (QED) is 0.811. The first-order valence-electron chi connectivity index (χ1n) is 5.70. The Morgan fingerprint density at radius 2 is 2.11 bits per heavy atom. The molecule has 0 aliphatic rings. The molecule has 5 heteroatoms. The van der Waals surface area contributed by atoms with Gasteiger partial charge in [0.2, 0.25) is 0 Å². The average Bonchev–Trinajstić information content (AvgIpc) is 2.77. The smallest absolute Gasteiger partial charge is 0.139 e. The summed E-state index contributed by atoms with van der Waals surface area (Å²) in [5.74, 6) is 1.26. The van der Waals surface area contributed by atoms with Crippen molar-refractivity contribution in [1.29, 1.82) is 5.26 Å². The summed E-state index contributed by atoms with van der Waals surface area (Å²) in [4.78, 5) is 0. The number of rotatable bonds is 5. The van der Waals surface area contributed by atoms with Gasteiger partial charge >= 0.3 is 0 Å². The van der Waals surface area contributed by atoms with Gasteiger partial charge in [0.05, 0.1) is 12.8 Å². The summed E-state index contributed by atoms with van der Waals surface area (Å²) in [6.07, 6.45) is 2.26. The zero-order valence-corrected chi connectivity index (χ0v) is 9.91. The fourth-order valence-corrected chi connectivity index (χ4v) is 1.58. The van der Waals surface area contributed by atoms with Crippen LogP contribution in [0.25, 0.3) is 0 Å². The first-order chi connectivity index (χ1) is 8.81. The van der Waals surface area contributed by atoms with Crippen molar-refractivity contribution < 1.29 is 4.74 Å². The van der Waals surface area contributed by atoms with Crippen LogP contribution in [0.1, 0.15) is 12.0 Å². The molecule has 18 heavy (non-hydrogen) atoms. The van der Waals surface area contributed by atoms with Gasteiger partial charge in [-0.1, -0.05) is 18.2 Å².